The third kappa shape index (κ3) is 2.96. The molecule has 0 amide bonds. The molecule has 0 aliphatic carbocycles. The van der Waals surface area contributed by atoms with Gasteiger partial charge in [0.1, 0.15) is 5.82 Å². The fraction of sp³-hybridized carbons (Fsp3) is 0.0952. The number of H-pyrrole nitrogens is 1. The number of aromatic nitrogens is 3. The van der Waals surface area contributed by atoms with Crippen molar-refractivity contribution in [1.29, 1.82) is 0 Å². The third-order valence-electron chi connectivity index (χ3n) is 4.65. The zero-order chi connectivity index (χ0) is 19.8. The average Bonchev–Trinajstić information content (AvgIpc) is 2.96. The fourth-order valence-corrected chi connectivity index (χ4v) is 3.28. The topological polar surface area (TPSA) is 72.2 Å². The van der Waals surface area contributed by atoms with Crippen LogP contribution in [0.1, 0.15) is 17.0 Å². The van der Waals surface area contributed by atoms with Crippen LogP contribution in [0.4, 0.5) is 4.39 Å². The normalized spacial score (nSPS) is 11.5. The minimum atomic E-state index is -0.604. The van der Waals surface area contributed by atoms with Crippen molar-refractivity contribution in [3.05, 3.63) is 98.2 Å². The van der Waals surface area contributed by atoms with Gasteiger partial charge in [-0.05, 0) is 56.3 Å². The number of rotatable bonds is 3. The molecule has 4 rings (SSSR count). The van der Waals surface area contributed by atoms with Gasteiger partial charge in [-0.2, -0.15) is 5.10 Å². The minimum absolute atomic E-state index is 0.303. The van der Waals surface area contributed by atoms with Gasteiger partial charge in [0.15, 0.2) is 0 Å². The van der Waals surface area contributed by atoms with Gasteiger partial charge in [-0.25, -0.2) is 9.18 Å². The van der Waals surface area contributed by atoms with Crippen LogP contribution >= 0.6 is 0 Å². The van der Waals surface area contributed by atoms with Crippen LogP contribution in [0.3, 0.4) is 0 Å². The van der Waals surface area contributed by atoms with Crippen molar-refractivity contribution in [1.82, 2.24) is 14.2 Å². The number of benzene rings is 2. The summed E-state index contributed by atoms with van der Waals surface area (Å²) in [6, 6.07) is 14.9. The molecule has 140 valence electrons. The van der Waals surface area contributed by atoms with E-state index >= 15 is 0 Å². The van der Waals surface area contributed by atoms with Gasteiger partial charge in [0.2, 0.25) is 0 Å². The lowest BCUT2D eigenvalue weighted by Gasteiger charge is -2.09. The summed E-state index contributed by atoms with van der Waals surface area (Å²) in [4.78, 5) is 27.5. The first-order valence-corrected chi connectivity index (χ1v) is 8.69. The zero-order valence-corrected chi connectivity index (χ0v) is 15.3. The second-order valence-corrected chi connectivity index (χ2v) is 6.48. The summed E-state index contributed by atoms with van der Waals surface area (Å²) in [5.74, 6) is -0.303. The van der Waals surface area contributed by atoms with E-state index in [-0.39, 0.29) is 5.82 Å². The van der Waals surface area contributed by atoms with Crippen molar-refractivity contribution in [2.75, 3.05) is 0 Å². The molecule has 0 aliphatic heterocycles. The van der Waals surface area contributed by atoms with Crippen LogP contribution in [-0.2, 0) is 0 Å². The number of nitrogens with one attached hydrogen (secondary N) is 1. The molecule has 0 spiro atoms. The summed E-state index contributed by atoms with van der Waals surface area (Å²) in [5, 5.41) is 4.50. The maximum absolute atomic E-state index is 13.2. The molecule has 2 aromatic carbocycles. The Labute approximate surface area is 159 Å². The molecule has 0 radical (unpaired) electrons. The number of hydrogen-bond acceptors (Lipinski definition) is 3. The molecule has 2 aromatic heterocycles. The molecule has 2 heterocycles. The van der Waals surface area contributed by atoms with Crippen molar-refractivity contribution in [2.24, 2.45) is 5.10 Å². The zero-order valence-electron chi connectivity index (χ0n) is 15.3. The molecular formula is C21H17FN4O2. The Kier molecular flexibility index (Phi) is 4.27. The second kappa shape index (κ2) is 6.77. The Balaban J connectivity index is 1.79. The SMILES string of the molecule is Cc1cc(C=Nn2c(=O)[nH]c3ccccc3c2=O)c(C)n1-c1ccc(F)cc1. The van der Waals surface area contributed by atoms with Crippen molar-refractivity contribution >= 4 is 17.1 Å². The molecule has 6 nitrogen and oxygen atoms in total. The molecule has 0 bridgehead atoms. The summed E-state index contributed by atoms with van der Waals surface area (Å²) in [7, 11) is 0. The van der Waals surface area contributed by atoms with Crippen LogP contribution < -0.4 is 11.2 Å². The van der Waals surface area contributed by atoms with Gasteiger partial charge in [0, 0.05) is 22.6 Å². The Morgan fingerprint density at radius 3 is 2.50 bits per heavy atom. The monoisotopic (exact) mass is 376 g/mol. The Hall–Kier alpha value is -3.74. The van der Waals surface area contributed by atoms with Crippen molar-refractivity contribution in [2.45, 2.75) is 13.8 Å². The lowest BCUT2D eigenvalue weighted by Crippen LogP contribution is -2.32. The highest BCUT2D eigenvalue weighted by Crippen LogP contribution is 2.20. The van der Waals surface area contributed by atoms with E-state index in [9.17, 15) is 14.0 Å². The van der Waals surface area contributed by atoms with Crippen LogP contribution in [-0.4, -0.2) is 20.4 Å². The number of aryl methyl sites for hydroxylation is 1. The quantitative estimate of drug-likeness (QED) is 0.558. The molecule has 0 aliphatic rings. The van der Waals surface area contributed by atoms with E-state index in [1.807, 2.05) is 24.5 Å². The van der Waals surface area contributed by atoms with Crippen LogP contribution in [0.25, 0.3) is 16.6 Å². The maximum atomic E-state index is 13.2. The van der Waals surface area contributed by atoms with Gasteiger partial charge in [0.25, 0.3) is 5.56 Å². The number of para-hydroxylation sites is 1. The van der Waals surface area contributed by atoms with Crippen LogP contribution in [0.5, 0.6) is 0 Å². The number of fused-ring (bicyclic) bond motifs is 1. The van der Waals surface area contributed by atoms with Crippen molar-refractivity contribution in [3.63, 3.8) is 0 Å². The summed E-state index contributed by atoms with van der Waals surface area (Å²) >= 11 is 0. The molecule has 0 saturated heterocycles. The lowest BCUT2D eigenvalue weighted by atomic mass is 10.2. The predicted octanol–water partition coefficient (Wildman–Crippen LogP) is 3.12. The van der Waals surface area contributed by atoms with Gasteiger partial charge in [0.05, 0.1) is 17.1 Å². The molecule has 7 heteroatoms. The number of nitrogens with zero attached hydrogens (tertiary/aromatic N) is 3. The van der Waals surface area contributed by atoms with E-state index in [0.717, 1.165) is 27.3 Å². The Morgan fingerprint density at radius 1 is 1.04 bits per heavy atom. The summed E-state index contributed by atoms with van der Waals surface area (Å²) in [6.45, 7) is 3.81. The third-order valence-corrected chi connectivity index (χ3v) is 4.65. The van der Waals surface area contributed by atoms with Gasteiger partial charge >= 0.3 is 5.69 Å². The highest BCUT2D eigenvalue weighted by Gasteiger charge is 2.10. The molecule has 4 aromatic rings. The highest BCUT2D eigenvalue weighted by molar-refractivity contribution is 5.82. The molecule has 0 saturated carbocycles. The van der Waals surface area contributed by atoms with Gasteiger partial charge in [-0.15, -0.1) is 4.68 Å². The predicted molar refractivity (Wildman–Crippen MR) is 107 cm³/mol. The number of aromatic amines is 1. The average molecular weight is 376 g/mol. The molecular weight excluding hydrogens is 359 g/mol. The summed E-state index contributed by atoms with van der Waals surface area (Å²) in [6.07, 6.45) is 1.48. The molecule has 0 fully saturated rings. The van der Waals surface area contributed by atoms with E-state index < -0.39 is 11.2 Å². The summed E-state index contributed by atoms with van der Waals surface area (Å²) < 4.78 is 16.0. The second-order valence-electron chi connectivity index (χ2n) is 6.48. The van der Waals surface area contributed by atoms with Gasteiger partial charge in [-0.1, -0.05) is 12.1 Å². The van der Waals surface area contributed by atoms with E-state index in [4.69, 9.17) is 0 Å². The Morgan fingerprint density at radius 2 is 1.75 bits per heavy atom. The van der Waals surface area contributed by atoms with Crippen LogP contribution in [0.2, 0.25) is 0 Å². The Bertz CT molecular complexity index is 1330. The van der Waals surface area contributed by atoms with Crippen molar-refractivity contribution < 1.29 is 4.39 Å². The lowest BCUT2D eigenvalue weighted by molar-refractivity contribution is 0.627. The van der Waals surface area contributed by atoms with E-state index in [2.05, 4.69) is 10.1 Å². The molecule has 0 unspecified atom stereocenters. The highest BCUT2D eigenvalue weighted by atomic mass is 19.1. The van der Waals surface area contributed by atoms with Crippen LogP contribution in [0, 0.1) is 19.7 Å². The van der Waals surface area contributed by atoms with E-state index in [0.29, 0.717) is 10.9 Å². The first kappa shape index (κ1) is 17.7. The molecule has 1 N–H and O–H groups in total. The van der Waals surface area contributed by atoms with Crippen LogP contribution in [0.15, 0.2) is 69.3 Å². The van der Waals surface area contributed by atoms with Gasteiger partial charge < -0.3 is 9.55 Å². The number of hydrogen-bond donors (Lipinski definition) is 1. The smallest absolute Gasteiger partial charge is 0.318 e. The van der Waals surface area contributed by atoms with Gasteiger partial charge in [-0.3, -0.25) is 4.79 Å². The molecule has 0 atom stereocenters. The first-order valence-electron chi connectivity index (χ1n) is 8.69. The molecule has 28 heavy (non-hydrogen) atoms. The maximum Gasteiger partial charge on any atom is 0.349 e. The van der Waals surface area contributed by atoms with E-state index in [1.165, 1.54) is 18.3 Å². The summed E-state index contributed by atoms with van der Waals surface area (Å²) in [5.41, 5.74) is 2.73. The largest absolute Gasteiger partial charge is 0.349 e. The van der Waals surface area contributed by atoms with E-state index in [1.54, 1.807) is 36.4 Å². The van der Waals surface area contributed by atoms with Crippen molar-refractivity contribution in [3.8, 4) is 5.69 Å². The standard InChI is InChI=1S/C21H17FN4O2/c1-13-11-15(14(2)25(13)17-9-7-16(22)8-10-17)12-23-26-20(27)18-5-3-4-6-19(18)24-21(26)28/h3-12H,1-2H3,(H,24,28). The fourth-order valence-electron chi connectivity index (χ4n) is 3.28. The number of halogens is 1. The minimum Gasteiger partial charge on any atom is -0.318 e. The first-order chi connectivity index (χ1) is 13.5.